The summed E-state index contributed by atoms with van der Waals surface area (Å²) in [5.41, 5.74) is 3.88. The van der Waals surface area contributed by atoms with E-state index in [9.17, 15) is 4.79 Å². The average Bonchev–Trinajstić information content (AvgIpc) is 2.97. The Morgan fingerprint density at radius 3 is 2.82 bits per heavy atom. The Morgan fingerprint density at radius 2 is 2.05 bits per heavy atom. The normalized spacial score (nSPS) is 18.5. The lowest BCUT2D eigenvalue weighted by Crippen LogP contribution is -2.29. The lowest BCUT2D eigenvalue weighted by molar-refractivity contribution is -0.118. The number of hydrogen-bond donors (Lipinski definition) is 0. The average molecular weight is 364 g/mol. The van der Waals surface area contributed by atoms with Crippen LogP contribution in [0.15, 0.2) is 18.2 Å². The summed E-state index contributed by atoms with van der Waals surface area (Å²) in [6.45, 7) is 0.872. The summed E-state index contributed by atoms with van der Waals surface area (Å²) in [5.74, 6) is 1.12. The lowest BCUT2D eigenvalue weighted by atomic mass is 9.86. The number of halogens is 1. The van der Waals surface area contributed by atoms with Crippen LogP contribution in [-0.2, 0) is 17.6 Å². The van der Waals surface area contributed by atoms with Gasteiger partial charge in [-0.05, 0) is 42.4 Å². The van der Waals surface area contributed by atoms with Crippen LogP contribution in [0.1, 0.15) is 56.1 Å². The summed E-state index contributed by atoms with van der Waals surface area (Å²) in [7, 11) is 0. The molecule has 1 aromatic rings. The van der Waals surface area contributed by atoms with Crippen LogP contribution in [0.4, 0.5) is 5.69 Å². The lowest BCUT2D eigenvalue weighted by Gasteiger charge is -2.23. The topological polar surface area (TPSA) is 20.3 Å². The smallest absolute Gasteiger partial charge is 0.227 e. The first-order valence-corrected chi connectivity index (χ1v) is 9.88. The molecular weight excluding hydrogens is 338 g/mol. The van der Waals surface area contributed by atoms with Gasteiger partial charge in [0.15, 0.2) is 0 Å². The molecule has 0 aromatic heterocycles. The Balaban J connectivity index is 1.58. The van der Waals surface area contributed by atoms with Crippen molar-refractivity contribution in [1.29, 1.82) is 0 Å². The van der Waals surface area contributed by atoms with E-state index in [1.807, 2.05) is 4.90 Å². The number of rotatable bonds is 5. The minimum Gasteiger partial charge on any atom is -0.312 e. The van der Waals surface area contributed by atoms with Gasteiger partial charge in [0, 0.05) is 24.0 Å². The van der Waals surface area contributed by atoms with Crippen molar-refractivity contribution in [2.24, 2.45) is 5.92 Å². The first kappa shape index (κ1) is 16.0. The van der Waals surface area contributed by atoms with Crippen molar-refractivity contribution in [3.8, 4) is 0 Å². The van der Waals surface area contributed by atoms with Gasteiger partial charge in [0.2, 0.25) is 5.91 Å². The zero-order valence-corrected chi connectivity index (χ0v) is 14.9. The van der Waals surface area contributed by atoms with Crippen LogP contribution in [-0.4, -0.2) is 17.8 Å². The number of hydrogen-bond acceptors (Lipinski definition) is 1. The van der Waals surface area contributed by atoms with E-state index in [0.29, 0.717) is 5.91 Å². The van der Waals surface area contributed by atoms with Gasteiger partial charge >= 0.3 is 0 Å². The van der Waals surface area contributed by atoms with Gasteiger partial charge in [-0.3, -0.25) is 4.79 Å². The Kier molecular flexibility index (Phi) is 5.56. The van der Waals surface area contributed by atoms with Gasteiger partial charge in [0.05, 0.1) is 0 Å². The Hall–Kier alpha value is -0.830. The number of carbonyl (C=O) groups is 1. The SMILES string of the molecule is O=C(CCC1CCCCC1)N1CCc2cc(CCBr)ccc21. The molecular formula is C19H26BrNO. The summed E-state index contributed by atoms with van der Waals surface area (Å²) >= 11 is 3.50. The number of carbonyl (C=O) groups excluding carboxylic acids is 1. The highest BCUT2D eigenvalue weighted by Crippen LogP contribution is 2.31. The number of alkyl halides is 1. The molecule has 0 saturated heterocycles. The van der Waals surface area contributed by atoms with Crippen LogP contribution in [0.25, 0.3) is 0 Å². The molecule has 2 aliphatic rings. The summed E-state index contributed by atoms with van der Waals surface area (Å²) < 4.78 is 0. The van der Waals surface area contributed by atoms with Gasteiger partial charge in [-0.25, -0.2) is 0 Å². The molecule has 3 rings (SSSR count). The molecule has 1 aliphatic heterocycles. The van der Waals surface area contributed by atoms with Crippen LogP contribution in [0.2, 0.25) is 0 Å². The summed E-state index contributed by atoms with van der Waals surface area (Å²) in [6.07, 6.45) is 10.7. The van der Waals surface area contributed by atoms with E-state index >= 15 is 0 Å². The molecule has 0 bridgehead atoms. The van der Waals surface area contributed by atoms with Crippen molar-refractivity contribution in [1.82, 2.24) is 0 Å². The fourth-order valence-electron chi connectivity index (χ4n) is 3.92. The molecule has 0 N–H and O–H groups in total. The molecule has 2 nitrogen and oxygen atoms in total. The van der Waals surface area contributed by atoms with Crippen LogP contribution in [0, 0.1) is 5.92 Å². The maximum Gasteiger partial charge on any atom is 0.227 e. The molecule has 120 valence electrons. The zero-order valence-electron chi connectivity index (χ0n) is 13.3. The minimum atomic E-state index is 0.331. The second kappa shape index (κ2) is 7.63. The van der Waals surface area contributed by atoms with Crippen molar-refractivity contribution in [2.45, 2.75) is 57.8 Å². The molecule has 0 spiro atoms. The molecule has 1 saturated carbocycles. The van der Waals surface area contributed by atoms with E-state index in [0.717, 1.165) is 49.2 Å². The van der Waals surface area contributed by atoms with Crippen molar-refractivity contribution in [3.05, 3.63) is 29.3 Å². The highest BCUT2D eigenvalue weighted by Gasteiger charge is 2.25. The first-order chi connectivity index (χ1) is 10.8. The van der Waals surface area contributed by atoms with E-state index in [4.69, 9.17) is 0 Å². The van der Waals surface area contributed by atoms with E-state index in [2.05, 4.69) is 34.1 Å². The van der Waals surface area contributed by atoms with Gasteiger partial charge in [-0.15, -0.1) is 0 Å². The van der Waals surface area contributed by atoms with Crippen LogP contribution in [0.5, 0.6) is 0 Å². The predicted molar refractivity (Wildman–Crippen MR) is 95.8 cm³/mol. The molecule has 1 aliphatic carbocycles. The Labute approximate surface area is 142 Å². The maximum atomic E-state index is 12.6. The quantitative estimate of drug-likeness (QED) is 0.683. The number of benzene rings is 1. The van der Waals surface area contributed by atoms with E-state index in [1.54, 1.807) is 0 Å². The summed E-state index contributed by atoms with van der Waals surface area (Å²) in [4.78, 5) is 14.6. The third-order valence-electron chi connectivity index (χ3n) is 5.21. The van der Waals surface area contributed by atoms with Crippen LogP contribution in [0.3, 0.4) is 0 Å². The second-order valence-corrected chi connectivity index (χ2v) is 7.53. The van der Waals surface area contributed by atoms with E-state index in [1.165, 1.54) is 43.2 Å². The van der Waals surface area contributed by atoms with Gasteiger partial charge in [-0.2, -0.15) is 0 Å². The molecule has 22 heavy (non-hydrogen) atoms. The third-order valence-corrected chi connectivity index (χ3v) is 5.61. The summed E-state index contributed by atoms with van der Waals surface area (Å²) in [6, 6.07) is 6.61. The molecule has 0 unspecified atom stereocenters. The molecule has 0 atom stereocenters. The van der Waals surface area contributed by atoms with E-state index in [-0.39, 0.29) is 0 Å². The molecule has 1 heterocycles. The van der Waals surface area contributed by atoms with Crippen molar-refractivity contribution in [3.63, 3.8) is 0 Å². The summed E-state index contributed by atoms with van der Waals surface area (Å²) in [5, 5.41) is 0.996. The standard InChI is InChI=1S/C19H26BrNO/c20-12-10-16-6-8-18-17(14-16)11-13-21(18)19(22)9-7-15-4-2-1-3-5-15/h6,8,14-15H,1-5,7,9-13H2. The van der Waals surface area contributed by atoms with Gasteiger partial charge in [-0.1, -0.05) is 60.2 Å². The number of nitrogens with zero attached hydrogens (tertiary/aromatic N) is 1. The fraction of sp³-hybridized carbons (Fsp3) is 0.632. The Bertz CT molecular complexity index is 522. The van der Waals surface area contributed by atoms with Crippen molar-refractivity contribution in [2.75, 3.05) is 16.8 Å². The van der Waals surface area contributed by atoms with Gasteiger partial charge < -0.3 is 4.90 Å². The Morgan fingerprint density at radius 1 is 1.23 bits per heavy atom. The molecule has 3 heteroatoms. The monoisotopic (exact) mass is 363 g/mol. The number of aryl methyl sites for hydroxylation is 1. The second-order valence-electron chi connectivity index (χ2n) is 6.74. The highest BCUT2D eigenvalue weighted by molar-refractivity contribution is 9.09. The first-order valence-electron chi connectivity index (χ1n) is 8.76. The molecule has 1 amide bonds. The zero-order chi connectivity index (χ0) is 15.4. The number of fused-ring (bicyclic) bond motifs is 1. The van der Waals surface area contributed by atoms with Crippen LogP contribution < -0.4 is 4.90 Å². The van der Waals surface area contributed by atoms with Crippen molar-refractivity contribution < 1.29 is 4.79 Å². The highest BCUT2D eigenvalue weighted by atomic mass is 79.9. The number of amides is 1. The minimum absolute atomic E-state index is 0.331. The third kappa shape index (κ3) is 3.73. The maximum absolute atomic E-state index is 12.6. The molecule has 1 aromatic carbocycles. The molecule has 0 radical (unpaired) electrons. The van der Waals surface area contributed by atoms with E-state index < -0.39 is 0 Å². The van der Waals surface area contributed by atoms with Gasteiger partial charge in [0.25, 0.3) is 0 Å². The molecule has 1 fully saturated rings. The predicted octanol–water partition coefficient (Wildman–Crippen LogP) is 4.87. The fourth-order valence-corrected chi connectivity index (χ4v) is 4.37. The largest absolute Gasteiger partial charge is 0.312 e. The number of anilines is 1. The van der Waals surface area contributed by atoms with Crippen LogP contribution >= 0.6 is 15.9 Å². The van der Waals surface area contributed by atoms with Crippen molar-refractivity contribution >= 4 is 27.5 Å². The van der Waals surface area contributed by atoms with Gasteiger partial charge in [0.1, 0.15) is 0 Å².